The number of rotatable bonds is 7. The summed E-state index contributed by atoms with van der Waals surface area (Å²) in [5.74, 6) is 0. The molecule has 0 radical (unpaired) electrons. The number of nitrogens with one attached hydrogen (secondary N) is 1. The largest absolute Gasteiger partial charge is 0.383 e. The van der Waals surface area contributed by atoms with Crippen molar-refractivity contribution in [1.82, 2.24) is 9.29 Å². The van der Waals surface area contributed by atoms with E-state index >= 15 is 0 Å². The molecule has 0 saturated carbocycles. The number of anilines is 1. The van der Waals surface area contributed by atoms with Crippen molar-refractivity contribution in [1.29, 1.82) is 0 Å². The van der Waals surface area contributed by atoms with Crippen molar-refractivity contribution >= 4 is 15.7 Å². The van der Waals surface area contributed by atoms with Crippen LogP contribution >= 0.6 is 0 Å². The minimum Gasteiger partial charge on any atom is -0.383 e. The van der Waals surface area contributed by atoms with Crippen molar-refractivity contribution in [3.8, 4) is 0 Å². The van der Waals surface area contributed by atoms with Crippen LogP contribution < -0.4 is 5.32 Å². The van der Waals surface area contributed by atoms with Gasteiger partial charge in [-0.15, -0.1) is 0 Å². The molecule has 0 spiro atoms. The van der Waals surface area contributed by atoms with E-state index in [2.05, 4.69) is 10.3 Å². The predicted octanol–water partition coefficient (Wildman–Crippen LogP) is 1.93. The third-order valence-corrected chi connectivity index (χ3v) is 4.64. The van der Waals surface area contributed by atoms with Crippen molar-refractivity contribution in [3.63, 3.8) is 0 Å². The van der Waals surface area contributed by atoms with Gasteiger partial charge in [0.2, 0.25) is 0 Å². The molecule has 0 unspecified atom stereocenters. The average molecular weight is 271 g/mol. The Labute approximate surface area is 109 Å². The molecule has 6 heteroatoms. The highest BCUT2D eigenvalue weighted by Crippen LogP contribution is 2.21. The van der Waals surface area contributed by atoms with Crippen LogP contribution in [0.3, 0.4) is 0 Å². The van der Waals surface area contributed by atoms with Crippen LogP contribution in [-0.4, -0.2) is 37.3 Å². The summed E-state index contributed by atoms with van der Waals surface area (Å²) in [7, 11) is -3.50. The van der Waals surface area contributed by atoms with Crippen LogP contribution in [0.1, 0.15) is 27.2 Å². The van der Waals surface area contributed by atoms with Crippen LogP contribution in [-0.2, 0) is 10.0 Å². The van der Waals surface area contributed by atoms with Gasteiger partial charge in [0.1, 0.15) is 0 Å². The number of pyridine rings is 1. The normalized spacial score (nSPS) is 11.8. The van der Waals surface area contributed by atoms with E-state index in [9.17, 15) is 8.42 Å². The van der Waals surface area contributed by atoms with Gasteiger partial charge >= 0.3 is 0 Å². The van der Waals surface area contributed by atoms with E-state index in [1.54, 1.807) is 12.1 Å². The van der Waals surface area contributed by atoms with Crippen molar-refractivity contribution in [2.75, 3.05) is 25.0 Å². The highest BCUT2D eigenvalue weighted by molar-refractivity contribution is 7.89. The van der Waals surface area contributed by atoms with Crippen LogP contribution in [0.5, 0.6) is 0 Å². The summed E-state index contributed by atoms with van der Waals surface area (Å²) in [4.78, 5) is 4.03. The maximum absolute atomic E-state index is 12.4. The molecule has 1 heterocycles. The summed E-state index contributed by atoms with van der Waals surface area (Å²) in [6.45, 7) is 7.30. The number of hydrogen-bond donors (Lipinski definition) is 1. The quantitative estimate of drug-likeness (QED) is 0.823. The Bertz CT molecular complexity index is 470. The fourth-order valence-corrected chi connectivity index (χ4v) is 3.21. The SMILES string of the molecule is CCCNc1cccnc1S(=O)(=O)N(CC)CC. The van der Waals surface area contributed by atoms with Crippen LogP contribution in [0.15, 0.2) is 23.4 Å². The molecule has 1 N–H and O–H groups in total. The maximum atomic E-state index is 12.4. The van der Waals surface area contributed by atoms with E-state index < -0.39 is 10.0 Å². The van der Waals surface area contributed by atoms with Gasteiger partial charge in [0.25, 0.3) is 10.0 Å². The second-order valence-corrected chi connectivity index (χ2v) is 5.73. The molecule has 0 fully saturated rings. The fraction of sp³-hybridized carbons (Fsp3) is 0.583. The molecule has 5 nitrogen and oxygen atoms in total. The lowest BCUT2D eigenvalue weighted by molar-refractivity contribution is 0.443. The Kier molecular flexibility index (Phi) is 5.55. The Hall–Kier alpha value is -1.14. The molecule has 0 atom stereocenters. The first-order valence-electron chi connectivity index (χ1n) is 6.26. The molecule has 102 valence electrons. The molecule has 0 bridgehead atoms. The van der Waals surface area contributed by atoms with Crippen molar-refractivity contribution in [2.24, 2.45) is 0 Å². The zero-order valence-corrected chi connectivity index (χ0v) is 12.0. The lowest BCUT2D eigenvalue weighted by atomic mass is 10.4. The zero-order chi connectivity index (χ0) is 13.6. The van der Waals surface area contributed by atoms with Crippen LogP contribution in [0.2, 0.25) is 0 Å². The first kappa shape index (κ1) is 14.9. The summed E-state index contributed by atoms with van der Waals surface area (Å²) in [6, 6.07) is 3.48. The maximum Gasteiger partial charge on any atom is 0.262 e. The minimum absolute atomic E-state index is 0.113. The molecule has 18 heavy (non-hydrogen) atoms. The van der Waals surface area contributed by atoms with Gasteiger partial charge in [-0.25, -0.2) is 13.4 Å². The summed E-state index contributed by atoms with van der Waals surface area (Å²) in [6.07, 6.45) is 2.44. The smallest absolute Gasteiger partial charge is 0.262 e. The van der Waals surface area contributed by atoms with Crippen molar-refractivity contribution < 1.29 is 8.42 Å². The molecule has 1 rings (SSSR count). The van der Waals surface area contributed by atoms with E-state index in [4.69, 9.17) is 0 Å². The zero-order valence-electron chi connectivity index (χ0n) is 11.2. The van der Waals surface area contributed by atoms with E-state index in [0.717, 1.165) is 13.0 Å². The first-order valence-corrected chi connectivity index (χ1v) is 7.70. The topological polar surface area (TPSA) is 62.3 Å². The Morgan fingerprint density at radius 1 is 1.28 bits per heavy atom. The Balaban J connectivity index is 3.15. The second-order valence-electron chi connectivity index (χ2n) is 3.87. The molecule has 0 amide bonds. The summed E-state index contributed by atoms with van der Waals surface area (Å²) in [5, 5.41) is 3.22. The van der Waals surface area contributed by atoms with E-state index in [-0.39, 0.29) is 5.03 Å². The highest BCUT2D eigenvalue weighted by atomic mass is 32.2. The molecule has 0 aromatic carbocycles. The van der Waals surface area contributed by atoms with Crippen LogP contribution in [0.4, 0.5) is 5.69 Å². The minimum atomic E-state index is -3.50. The molecule has 0 aliphatic heterocycles. The standard InChI is InChI=1S/C12H21N3O2S/c1-4-9-13-11-8-7-10-14-12(11)18(16,17)15(5-2)6-3/h7-8,10,13H,4-6,9H2,1-3H3. The lowest BCUT2D eigenvalue weighted by Gasteiger charge is -2.19. The van der Waals surface area contributed by atoms with Gasteiger partial charge in [0.05, 0.1) is 5.69 Å². The molecule has 0 aliphatic rings. The fourth-order valence-electron chi connectivity index (χ4n) is 1.68. The van der Waals surface area contributed by atoms with E-state index in [1.807, 2.05) is 20.8 Å². The Morgan fingerprint density at radius 3 is 2.50 bits per heavy atom. The number of aromatic nitrogens is 1. The Morgan fingerprint density at radius 2 is 1.94 bits per heavy atom. The highest BCUT2D eigenvalue weighted by Gasteiger charge is 2.25. The van der Waals surface area contributed by atoms with Gasteiger partial charge in [-0.05, 0) is 18.6 Å². The molecule has 0 aliphatic carbocycles. The molecular weight excluding hydrogens is 250 g/mol. The monoisotopic (exact) mass is 271 g/mol. The molecule has 0 saturated heterocycles. The van der Waals surface area contributed by atoms with Crippen LogP contribution in [0.25, 0.3) is 0 Å². The summed E-state index contributed by atoms with van der Waals surface area (Å²) < 4.78 is 26.2. The van der Waals surface area contributed by atoms with Gasteiger partial charge in [-0.2, -0.15) is 4.31 Å². The third kappa shape index (κ3) is 3.20. The van der Waals surface area contributed by atoms with E-state index in [1.165, 1.54) is 10.5 Å². The van der Waals surface area contributed by atoms with Gasteiger partial charge in [-0.1, -0.05) is 20.8 Å². The third-order valence-electron chi connectivity index (χ3n) is 2.63. The van der Waals surface area contributed by atoms with Crippen molar-refractivity contribution in [3.05, 3.63) is 18.3 Å². The van der Waals surface area contributed by atoms with E-state index in [0.29, 0.717) is 18.8 Å². The molecule has 1 aromatic heterocycles. The predicted molar refractivity (Wildman–Crippen MR) is 73.1 cm³/mol. The molecular formula is C12H21N3O2S. The average Bonchev–Trinajstić information content (AvgIpc) is 2.37. The van der Waals surface area contributed by atoms with Gasteiger partial charge in [-0.3, -0.25) is 0 Å². The van der Waals surface area contributed by atoms with Gasteiger partial charge < -0.3 is 5.32 Å². The number of sulfonamides is 1. The van der Waals surface area contributed by atoms with Gasteiger partial charge in [0.15, 0.2) is 5.03 Å². The number of hydrogen-bond acceptors (Lipinski definition) is 4. The lowest BCUT2D eigenvalue weighted by Crippen LogP contribution is -2.31. The number of nitrogens with zero attached hydrogens (tertiary/aromatic N) is 2. The van der Waals surface area contributed by atoms with Crippen molar-refractivity contribution in [2.45, 2.75) is 32.2 Å². The van der Waals surface area contributed by atoms with Gasteiger partial charge in [0, 0.05) is 25.8 Å². The summed E-state index contributed by atoms with van der Waals surface area (Å²) >= 11 is 0. The second kappa shape index (κ2) is 6.70. The van der Waals surface area contributed by atoms with Crippen LogP contribution in [0, 0.1) is 0 Å². The summed E-state index contributed by atoms with van der Waals surface area (Å²) in [5.41, 5.74) is 0.575. The first-order chi connectivity index (χ1) is 8.57. The molecule has 1 aromatic rings.